The summed E-state index contributed by atoms with van der Waals surface area (Å²) < 4.78 is 1.13. The van der Waals surface area contributed by atoms with Crippen LogP contribution in [0, 0.1) is 0 Å². The fourth-order valence-electron chi connectivity index (χ4n) is 2.59. The number of thioether (sulfide) groups is 1. The maximum absolute atomic E-state index is 3.67. The summed E-state index contributed by atoms with van der Waals surface area (Å²) in [6.45, 7) is 3.28. The van der Waals surface area contributed by atoms with Crippen molar-refractivity contribution in [3.63, 3.8) is 0 Å². The van der Waals surface area contributed by atoms with Gasteiger partial charge in [0.05, 0.1) is 0 Å². The molecule has 1 aliphatic rings. The Kier molecular flexibility index (Phi) is 4.49. The molecule has 1 nitrogen and oxygen atoms in total. The Balaban J connectivity index is 1.62. The van der Waals surface area contributed by atoms with Gasteiger partial charge < -0.3 is 5.32 Å². The fourth-order valence-corrected chi connectivity index (χ4v) is 4.11. The average molecular weight is 348 g/mol. The Hall–Kier alpha value is -0.770. The molecule has 0 radical (unpaired) electrons. The third-order valence-electron chi connectivity index (χ3n) is 3.84. The third-order valence-corrected chi connectivity index (χ3v) is 5.62. The largest absolute Gasteiger partial charge is 0.310 e. The Labute approximate surface area is 133 Å². The molecule has 1 unspecified atom stereocenters. The molecule has 3 rings (SSSR count). The van der Waals surface area contributed by atoms with Gasteiger partial charge >= 0.3 is 0 Å². The molecule has 104 valence electrons. The average Bonchev–Trinajstić information content (AvgIpc) is 2.89. The lowest BCUT2D eigenvalue weighted by atomic mass is 10.0. The summed E-state index contributed by atoms with van der Waals surface area (Å²) in [6, 6.07) is 17.7. The van der Waals surface area contributed by atoms with Crippen molar-refractivity contribution in [3.05, 3.63) is 64.1 Å². The second-order valence-electron chi connectivity index (χ2n) is 5.23. The summed E-state index contributed by atoms with van der Waals surface area (Å²) in [7, 11) is 0. The summed E-state index contributed by atoms with van der Waals surface area (Å²) in [6.07, 6.45) is 0. The van der Waals surface area contributed by atoms with E-state index in [-0.39, 0.29) is 0 Å². The van der Waals surface area contributed by atoms with Crippen LogP contribution in [-0.2, 0) is 0 Å². The molecule has 2 atom stereocenters. The van der Waals surface area contributed by atoms with Crippen molar-refractivity contribution < 1.29 is 0 Å². The Morgan fingerprint density at radius 3 is 2.75 bits per heavy atom. The first-order valence-corrected chi connectivity index (χ1v) is 8.72. The summed E-state index contributed by atoms with van der Waals surface area (Å²) >= 11 is 5.46. The quantitative estimate of drug-likeness (QED) is 0.835. The summed E-state index contributed by atoms with van der Waals surface area (Å²) in [5.41, 5.74) is 2.85. The predicted molar refractivity (Wildman–Crippen MR) is 90.5 cm³/mol. The molecule has 1 heterocycles. The number of benzene rings is 2. The number of hydrogen-bond donors (Lipinski definition) is 1. The lowest BCUT2D eigenvalue weighted by Crippen LogP contribution is -2.24. The highest BCUT2D eigenvalue weighted by Gasteiger charge is 2.22. The van der Waals surface area contributed by atoms with Gasteiger partial charge in [0.2, 0.25) is 0 Å². The normalized spacial score (nSPS) is 18.8. The van der Waals surface area contributed by atoms with Crippen LogP contribution in [0.1, 0.15) is 30.0 Å². The van der Waals surface area contributed by atoms with E-state index < -0.39 is 0 Å². The number of halogens is 1. The molecular formula is C17H18BrNS. The van der Waals surface area contributed by atoms with E-state index in [0.717, 1.165) is 11.0 Å². The van der Waals surface area contributed by atoms with Gasteiger partial charge in [-0.3, -0.25) is 0 Å². The zero-order valence-corrected chi connectivity index (χ0v) is 13.9. The first kappa shape index (κ1) is 14.2. The van der Waals surface area contributed by atoms with E-state index in [1.54, 1.807) is 0 Å². The molecule has 0 aliphatic carbocycles. The van der Waals surface area contributed by atoms with Crippen LogP contribution in [0.4, 0.5) is 0 Å². The number of nitrogens with one attached hydrogen (secondary N) is 1. The van der Waals surface area contributed by atoms with Gasteiger partial charge in [-0.15, -0.1) is 11.8 Å². The van der Waals surface area contributed by atoms with Gasteiger partial charge in [0.15, 0.2) is 0 Å². The molecule has 0 amide bonds. The predicted octanol–water partition coefficient (Wildman–Crippen LogP) is 4.99. The highest BCUT2D eigenvalue weighted by Crippen LogP contribution is 2.39. The number of hydrogen-bond acceptors (Lipinski definition) is 2. The second-order valence-corrected chi connectivity index (χ2v) is 7.20. The van der Waals surface area contributed by atoms with Gasteiger partial charge in [-0.2, -0.15) is 0 Å². The summed E-state index contributed by atoms with van der Waals surface area (Å²) in [5.74, 6) is 1.83. The van der Waals surface area contributed by atoms with Gasteiger partial charge in [0, 0.05) is 33.6 Å². The smallest absolute Gasteiger partial charge is 0.0292 e. The number of fused-ring (bicyclic) bond motifs is 1. The fraction of sp³-hybridized carbons (Fsp3) is 0.294. The Morgan fingerprint density at radius 1 is 1.20 bits per heavy atom. The molecule has 2 aromatic carbocycles. The molecule has 0 saturated carbocycles. The van der Waals surface area contributed by atoms with E-state index >= 15 is 0 Å². The van der Waals surface area contributed by atoms with Crippen LogP contribution in [0.3, 0.4) is 0 Å². The minimum absolute atomic E-state index is 0.390. The Morgan fingerprint density at radius 2 is 1.95 bits per heavy atom. The van der Waals surface area contributed by atoms with E-state index in [1.165, 1.54) is 21.8 Å². The molecule has 0 spiro atoms. The zero-order chi connectivity index (χ0) is 13.9. The van der Waals surface area contributed by atoms with Gasteiger partial charge in [0.25, 0.3) is 0 Å². The standard InChI is InChI=1S/C17H18BrNS/c1-12(13-6-8-15(18)9-7-13)19-10-14-11-20-17-5-3-2-4-16(14)17/h2-9,12,14,19H,10-11H2,1H3/t12-,14?/m1/s1. The van der Waals surface area contributed by atoms with Gasteiger partial charge in [0.1, 0.15) is 0 Å². The van der Waals surface area contributed by atoms with Crippen molar-refractivity contribution in [3.8, 4) is 0 Å². The SMILES string of the molecule is C[C@@H](NCC1CSc2ccccc21)c1ccc(Br)cc1. The minimum atomic E-state index is 0.390. The van der Waals surface area contributed by atoms with Crippen molar-refractivity contribution in [1.29, 1.82) is 0 Å². The first-order chi connectivity index (χ1) is 9.74. The minimum Gasteiger partial charge on any atom is -0.310 e. The van der Waals surface area contributed by atoms with Crippen LogP contribution >= 0.6 is 27.7 Å². The van der Waals surface area contributed by atoms with Crippen molar-refractivity contribution in [2.75, 3.05) is 12.3 Å². The van der Waals surface area contributed by atoms with Crippen LogP contribution in [0.5, 0.6) is 0 Å². The van der Waals surface area contributed by atoms with Crippen LogP contribution in [0.15, 0.2) is 57.9 Å². The maximum Gasteiger partial charge on any atom is 0.0292 e. The molecule has 0 aromatic heterocycles. The van der Waals surface area contributed by atoms with E-state index in [0.29, 0.717) is 12.0 Å². The molecule has 0 fully saturated rings. The monoisotopic (exact) mass is 347 g/mol. The highest BCUT2D eigenvalue weighted by atomic mass is 79.9. The van der Waals surface area contributed by atoms with Crippen molar-refractivity contribution in [2.45, 2.75) is 23.8 Å². The highest BCUT2D eigenvalue weighted by molar-refractivity contribution is 9.10. The van der Waals surface area contributed by atoms with Crippen molar-refractivity contribution in [1.82, 2.24) is 5.32 Å². The topological polar surface area (TPSA) is 12.0 Å². The van der Waals surface area contributed by atoms with E-state index in [9.17, 15) is 0 Å². The lowest BCUT2D eigenvalue weighted by molar-refractivity contribution is 0.541. The molecule has 1 N–H and O–H groups in total. The van der Waals surface area contributed by atoms with Crippen LogP contribution in [-0.4, -0.2) is 12.3 Å². The second kappa shape index (κ2) is 6.33. The van der Waals surface area contributed by atoms with Crippen LogP contribution < -0.4 is 5.32 Å². The zero-order valence-electron chi connectivity index (χ0n) is 11.5. The van der Waals surface area contributed by atoms with E-state index in [1.807, 2.05) is 11.8 Å². The maximum atomic E-state index is 3.67. The van der Waals surface area contributed by atoms with Crippen LogP contribution in [0.2, 0.25) is 0 Å². The summed E-state index contributed by atoms with van der Waals surface area (Å²) in [4.78, 5) is 1.45. The van der Waals surface area contributed by atoms with E-state index in [2.05, 4.69) is 76.7 Å². The molecule has 20 heavy (non-hydrogen) atoms. The van der Waals surface area contributed by atoms with Gasteiger partial charge in [-0.05, 0) is 36.2 Å². The summed E-state index contributed by atoms with van der Waals surface area (Å²) in [5, 5.41) is 3.67. The lowest BCUT2D eigenvalue weighted by Gasteiger charge is -2.18. The first-order valence-electron chi connectivity index (χ1n) is 6.94. The van der Waals surface area contributed by atoms with Crippen molar-refractivity contribution in [2.24, 2.45) is 0 Å². The third kappa shape index (κ3) is 3.11. The van der Waals surface area contributed by atoms with Crippen molar-refractivity contribution >= 4 is 27.7 Å². The van der Waals surface area contributed by atoms with Gasteiger partial charge in [-0.25, -0.2) is 0 Å². The molecule has 1 aliphatic heterocycles. The molecular weight excluding hydrogens is 330 g/mol. The molecule has 0 bridgehead atoms. The molecule has 0 saturated heterocycles. The van der Waals surface area contributed by atoms with E-state index in [4.69, 9.17) is 0 Å². The molecule has 2 aromatic rings. The van der Waals surface area contributed by atoms with Gasteiger partial charge in [-0.1, -0.05) is 46.3 Å². The molecule has 3 heteroatoms. The Bertz CT molecular complexity index is 582. The van der Waals surface area contributed by atoms with Crippen LogP contribution in [0.25, 0.3) is 0 Å². The number of rotatable bonds is 4.